The molecular weight excluding hydrogens is 312 g/mol. The number of rotatable bonds is 8. The maximum atomic E-state index is 8.39. The highest BCUT2D eigenvalue weighted by atomic mass is 16.5. The first kappa shape index (κ1) is 20.2. The molecule has 0 bridgehead atoms. The molecule has 0 heterocycles. The highest BCUT2D eigenvalue weighted by Gasteiger charge is 2.29. The van der Waals surface area contributed by atoms with E-state index in [1.54, 1.807) is 7.11 Å². The zero-order valence-electron chi connectivity index (χ0n) is 16.5. The van der Waals surface area contributed by atoms with E-state index in [-0.39, 0.29) is 18.1 Å². The Morgan fingerprint density at radius 3 is 2.52 bits per heavy atom. The van der Waals surface area contributed by atoms with E-state index >= 15 is 0 Å². The van der Waals surface area contributed by atoms with Gasteiger partial charge in [0.05, 0.1) is 6.10 Å². The average Bonchev–Trinajstić information content (AvgIpc) is 3.07. The van der Waals surface area contributed by atoms with Gasteiger partial charge in [-0.05, 0) is 77.0 Å². The average molecular weight is 349 g/mol. The number of nitrogens with zero attached hydrogens (tertiary/aromatic N) is 1. The summed E-state index contributed by atoms with van der Waals surface area (Å²) in [4.78, 5) is 2.30. The van der Waals surface area contributed by atoms with Crippen molar-refractivity contribution in [3.05, 3.63) is 23.8 Å². The van der Waals surface area contributed by atoms with Gasteiger partial charge in [-0.25, -0.2) is 0 Å². The molecule has 1 fully saturated rings. The van der Waals surface area contributed by atoms with Gasteiger partial charge < -0.3 is 14.4 Å². The van der Waals surface area contributed by atoms with Gasteiger partial charge in [0.1, 0.15) is 6.10 Å². The minimum atomic E-state index is 0.170. The molecule has 2 aliphatic rings. The summed E-state index contributed by atoms with van der Waals surface area (Å²) in [6.07, 6.45) is 11.3. The normalized spacial score (nSPS) is 27.9. The molecule has 1 N–H and O–H groups in total. The van der Waals surface area contributed by atoms with Crippen LogP contribution in [0.2, 0.25) is 0 Å². The Hall–Kier alpha value is -1.13. The summed E-state index contributed by atoms with van der Waals surface area (Å²) >= 11 is 0. The predicted octanol–water partition coefficient (Wildman–Crippen LogP) is 4.56. The van der Waals surface area contributed by atoms with Crippen LogP contribution in [-0.4, -0.2) is 50.3 Å². The Balaban J connectivity index is 1.86. The monoisotopic (exact) mass is 348 g/mol. The van der Waals surface area contributed by atoms with Crippen LogP contribution in [0.1, 0.15) is 58.3 Å². The van der Waals surface area contributed by atoms with Crippen molar-refractivity contribution in [3.8, 4) is 0 Å². The molecule has 0 unspecified atom stereocenters. The van der Waals surface area contributed by atoms with Crippen molar-refractivity contribution in [2.45, 2.75) is 76.5 Å². The van der Waals surface area contributed by atoms with Gasteiger partial charge in [-0.3, -0.25) is 5.41 Å². The van der Waals surface area contributed by atoms with E-state index in [4.69, 9.17) is 14.9 Å². The van der Waals surface area contributed by atoms with Gasteiger partial charge in [0.25, 0.3) is 0 Å². The number of ether oxygens (including phenoxy) is 2. The molecule has 2 aliphatic carbocycles. The van der Waals surface area contributed by atoms with E-state index in [0.717, 1.165) is 56.9 Å². The van der Waals surface area contributed by atoms with Crippen LogP contribution in [0.15, 0.2) is 23.8 Å². The second kappa shape index (κ2) is 9.54. The van der Waals surface area contributed by atoms with Gasteiger partial charge >= 0.3 is 0 Å². The fourth-order valence-corrected chi connectivity index (χ4v) is 4.17. The predicted molar refractivity (Wildman–Crippen MR) is 104 cm³/mol. The number of nitrogens with one attached hydrogen (secondary N) is 1. The van der Waals surface area contributed by atoms with Crippen molar-refractivity contribution in [3.63, 3.8) is 0 Å². The third kappa shape index (κ3) is 5.42. The lowest BCUT2D eigenvalue weighted by Crippen LogP contribution is -2.35. The number of hydrogen-bond donors (Lipinski definition) is 1. The van der Waals surface area contributed by atoms with E-state index in [1.807, 2.05) is 0 Å². The van der Waals surface area contributed by atoms with Gasteiger partial charge in [-0.2, -0.15) is 0 Å². The second-order valence-electron chi connectivity index (χ2n) is 7.76. The van der Waals surface area contributed by atoms with Crippen molar-refractivity contribution < 1.29 is 9.47 Å². The zero-order chi connectivity index (χ0) is 18.4. The summed E-state index contributed by atoms with van der Waals surface area (Å²) in [6.45, 7) is 6.35. The van der Waals surface area contributed by atoms with Crippen LogP contribution in [0.25, 0.3) is 0 Å². The lowest BCUT2D eigenvalue weighted by molar-refractivity contribution is 0.0814. The molecule has 0 aliphatic heterocycles. The third-order valence-corrected chi connectivity index (χ3v) is 5.94. The topological polar surface area (TPSA) is 45.5 Å². The van der Waals surface area contributed by atoms with Crippen LogP contribution in [0.5, 0.6) is 0 Å². The molecule has 0 aromatic rings. The molecule has 1 saturated carbocycles. The highest BCUT2D eigenvalue weighted by Crippen LogP contribution is 2.36. The fourth-order valence-electron chi connectivity index (χ4n) is 4.17. The van der Waals surface area contributed by atoms with Gasteiger partial charge in [-0.15, -0.1) is 0 Å². The van der Waals surface area contributed by atoms with Gasteiger partial charge in [0.15, 0.2) is 0 Å². The smallest absolute Gasteiger partial charge is 0.213 e. The van der Waals surface area contributed by atoms with Crippen LogP contribution in [0.3, 0.4) is 0 Å². The molecule has 0 aromatic carbocycles. The van der Waals surface area contributed by atoms with Gasteiger partial charge in [0.2, 0.25) is 5.90 Å². The molecule has 4 heteroatoms. The van der Waals surface area contributed by atoms with Crippen molar-refractivity contribution in [1.29, 1.82) is 5.41 Å². The van der Waals surface area contributed by atoms with Gasteiger partial charge in [0, 0.05) is 18.7 Å². The van der Waals surface area contributed by atoms with E-state index in [9.17, 15) is 0 Å². The molecule has 0 spiro atoms. The molecule has 4 nitrogen and oxygen atoms in total. The summed E-state index contributed by atoms with van der Waals surface area (Å²) in [5.74, 6) is 0.725. The Labute approximate surface area is 153 Å². The van der Waals surface area contributed by atoms with E-state index in [0.29, 0.717) is 12.0 Å². The number of methoxy groups -OCH3 is 1. The molecule has 0 aromatic heterocycles. The summed E-state index contributed by atoms with van der Waals surface area (Å²) in [7, 11) is 6.08. The first-order valence-electron chi connectivity index (χ1n) is 9.80. The lowest BCUT2D eigenvalue weighted by atomic mass is 9.89. The summed E-state index contributed by atoms with van der Waals surface area (Å²) in [6, 6.07) is 0.652. The Kier molecular flexibility index (Phi) is 7.70. The summed E-state index contributed by atoms with van der Waals surface area (Å²) < 4.78 is 11.5. The molecule has 0 radical (unpaired) electrons. The van der Waals surface area contributed by atoms with Crippen molar-refractivity contribution in [1.82, 2.24) is 4.90 Å². The minimum Gasteiger partial charge on any atom is -0.474 e. The molecule has 0 saturated heterocycles. The second-order valence-corrected chi connectivity index (χ2v) is 7.76. The van der Waals surface area contributed by atoms with Crippen molar-refractivity contribution in [2.24, 2.45) is 5.92 Å². The first-order valence-corrected chi connectivity index (χ1v) is 9.80. The standard InChI is InChI=1S/C21H36N2O2/c1-6-18(24-5)14-16-8-7-9-20(16)15(2)21(22)25-19-12-10-17(11-13-19)23(3)4/h9,16-19,22H,2,6-8,10-14H2,1,3-5H3/t16-,17?,18-,19?/m1/s1. The Bertz CT molecular complexity index is 486. The maximum absolute atomic E-state index is 8.39. The summed E-state index contributed by atoms with van der Waals surface area (Å²) in [5, 5.41) is 8.39. The number of allylic oxidation sites excluding steroid dienone is 1. The fraction of sp³-hybridized carbons (Fsp3) is 0.762. The highest BCUT2D eigenvalue weighted by molar-refractivity contribution is 5.95. The molecule has 25 heavy (non-hydrogen) atoms. The van der Waals surface area contributed by atoms with Crippen molar-refractivity contribution >= 4 is 5.90 Å². The minimum absolute atomic E-state index is 0.170. The van der Waals surface area contributed by atoms with Crippen LogP contribution in [0.4, 0.5) is 0 Å². The Morgan fingerprint density at radius 2 is 1.96 bits per heavy atom. The largest absolute Gasteiger partial charge is 0.474 e. The van der Waals surface area contributed by atoms with E-state index in [2.05, 4.69) is 38.6 Å². The van der Waals surface area contributed by atoms with Crippen LogP contribution < -0.4 is 0 Å². The van der Waals surface area contributed by atoms with Crippen molar-refractivity contribution in [2.75, 3.05) is 21.2 Å². The third-order valence-electron chi connectivity index (χ3n) is 5.94. The molecule has 2 atom stereocenters. The van der Waals surface area contributed by atoms with Gasteiger partial charge in [-0.1, -0.05) is 19.6 Å². The zero-order valence-corrected chi connectivity index (χ0v) is 16.5. The maximum Gasteiger partial charge on any atom is 0.213 e. The van der Waals surface area contributed by atoms with E-state index in [1.165, 1.54) is 5.57 Å². The SMILES string of the molecule is C=C(C(=N)OC1CCC(N(C)C)CC1)C1=CCC[C@@H]1C[C@@H](CC)OC. The molecule has 2 rings (SSSR count). The van der Waals surface area contributed by atoms with E-state index < -0.39 is 0 Å². The quantitative estimate of drug-likeness (QED) is 0.516. The molecule has 0 amide bonds. The molecule has 142 valence electrons. The Morgan fingerprint density at radius 1 is 1.28 bits per heavy atom. The number of hydrogen-bond acceptors (Lipinski definition) is 4. The molecular formula is C21H36N2O2. The van der Waals surface area contributed by atoms with Crippen LogP contribution in [-0.2, 0) is 9.47 Å². The van der Waals surface area contributed by atoms with Crippen LogP contribution >= 0.6 is 0 Å². The van der Waals surface area contributed by atoms with Crippen LogP contribution in [0, 0.1) is 11.3 Å². The summed E-state index contributed by atoms with van der Waals surface area (Å²) in [5.41, 5.74) is 1.99. The lowest BCUT2D eigenvalue weighted by Gasteiger charge is -2.33. The first-order chi connectivity index (χ1) is 12.0.